The average molecular weight is 305 g/mol. The van der Waals surface area contributed by atoms with Gasteiger partial charge < -0.3 is 5.73 Å². The van der Waals surface area contributed by atoms with Crippen LogP contribution in [-0.4, -0.2) is 24.8 Å². The summed E-state index contributed by atoms with van der Waals surface area (Å²) in [6, 6.07) is 8.09. The van der Waals surface area contributed by atoms with Gasteiger partial charge in [0.1, 0.15) is 0 Å². The molecule has 1 aromatic carbocycles. The summed E-state index contributed by atoms with van der Waals surface area (Å²) in [6.45, 7) is 3.64. The number of sulfonamides is 1. The van der Waals surface area contributed by atoms with Gasteiger partial charge in [0.05, 0.1) is 4.90 Å². The number of aromatic nitrogens is 1. The Bertz CT molecular complexity index is 730. The van der Waals surface area contributed by atoms with Crippen LogP contribution in [0.1, 0.15) is 24.1 Å². The molecule has 0 aliphatic heterocycles. The molecular formula is C15H19N3O2S. The van der Waals surface area contributed by atoms with Crippen molar-refractivity contribution in [3.05, 3.63) is 53.9 Å². The molecule has 1 aromatic heterocycles. The minimum atomic E-state index is -3.57. The standard InChI is InChI=1S/C15H19N3O2S/c1-11-10-14(4-5-15(11)16)21(19,20)18(3)12(2)13-6-8-17-9-7-13/h4-10,12H,16H2,1-3H3. The Hall–Kier alpha value is -1.92. The van der Waals surface area contributed by atoms with Gasteiger partial charge in [-0.05, 0) is 55.3 Å². The average Bonchev–Trinajstić information content (AvgIpc) is 2.49. The highest BCUT2D eigenvalue weighted by molar-refractivity contribution is 7.89. The third-order valence-electron chi connectivity index (χ3n) is 3.65. The van der Waals surface area contributed by atoms with Gasteiger partial charge in [0.15, 0.2) is 0 Å². The van der Waals surface area contributed by atoms with Crippen molar-refractivity contribution in [3.63, 3.8) is 0 Å². The van der Waals surface area contributed by atoms with E-state index >= 15 is 0 Å². The molecule has 0 fully saturated rings. The highest BCUT2D eigenvalue weighted by Crippen LogP contribution is 2.26. The van der Waals surface area contributed by atoms with E-state index in [1.165, 1.54) is 10.4 Å². The molecule has 0 spiro atoms. The quantitative estimate of drug-likeness (QED) is 0.880. The van der Waals surface area contributed by atoms with Gasteiger partial charge in [-0.2, -0.15) is 4.31 Å². The van der Waals surface area contributed by atoms with E-state index in [0.29, 0.717) is 5.69 Å². The topological polar surface area (TPSA) is 76.3 Å². The van der Waals surface area contributed by atoms with Gasteiger partial charge in [-0.15, -0.1) is 0 Å². The Labute approximate surface area is 125 Å². The molecule has 1 heterocycles. The van der Waals surface area contributed by atoms with Gasteiger partial charge in [-0.3, -0.25) is 4.98 Å². The number of anilines is 1. The van der Waals surface area contributed by atoms with E-state index in [2.05, 4.69) is 4.98 Å². The van der Waals surface area contributed by atoms with Crippen molar-refractivity contribution in [1.82, 2.24) is 9.29 Å². The number of nitrogen functional groups attached to an aromatic ring is 1. The van der Waals surface area contributed by atoms with Crippen LogP contribution < -0.4 is 5.73 Å². The molecule has 0 aliphatic carbocycles. The molecule has 0 aliphatic rings. The second kappa shape index (κ2) is 5.83. The van der Waals surface area contributed by atoms with Gasteiger partial charge in [0, 0.05) is 31.2 Å². The first-order valence-electron chi connectivity index (χ1n) is 6.58. The Morgan fingerprint density at radius 2 is 1.81 bits per heavy atom. The largest absolute Gasteiger partial charge is 0.399 e. The number of pyridine rings is 1. The molecule has 0 saturated carbocycles. The number of rotatable bonds is 4. The van der Waals surface area contributed by atoms with Crippen LogP contribution in [0, 0.1) is 6.92 Å². The van der Waals surface area contributed by atoms with Gasteiger partial charge in [0.2, 0.25) is 10.0 Å². The maximum atomic E-state index is 12.7. The fourth-order valence-electron chi connectivity index (χ4n) is 2.03. The van der Waals surface area contributed by atoms with Crippen LogP contribution >= 0.6 is 0 Å². The fraction of sp³-hybridized carbons (Fsp3) is 0.267. The maximum Gasteiger partial charge on any atom is 0.243 e. The van der Waals surface area contributed by atoms with E-state index < -0.39 is 10.0 Å². The normalized spacial score (nSPS) is 13.3. The van der Waals surface area contributed by atoms with E-state index in [-0.39, 0.29) is 10.9 Å². The van der Waals surface area contributed by atoms with Gasteiger partial charge in [-0.1, -0.05) is 0 Å². The van der Waals surface area contributed by atoms with E-state index in [4.69, 9.17) is 5.73 Å². The second-order valence-electron chi connectivity index (χ2n) is 5.00. The summed E-state index contributed by atoms with van der Waals surface area (Å²) in [4.78, 5) is 4.19. The van der Waals surface area contributed by atoms with Crippen LogP contribution in [0.25, 0.3) is 0 Å². The molecule has 0 saturated heterocycles. The molecule has 0 amide bonds. The van der Waals surface area contributed by atoms with Crippen LogP contribution in [0.15, 0.2) is 47.6 Å². The number of hydrogen-bond acceptors (Lipinski definition) is 4. The predicted molar refractivity (Wildman–Crippen MR) is 83.2 cm³/mol. The van der Waals surface area contributed by atoms with Crippen molar-refractivity contribution in [2.75, 3.05) is 12.8 Å². The van der Waals surface area contributed by atoms with Crippen LogP contribution in [0.2, 0.25) is 0 Å². The van der Waals surface area contributed by atoms with E-state index in [1.54, 1.807) is 38.5 Å². The Morgan fingerprint density at radius 3 is 2.38 bits per heavy atom. The summed E-state index contributed by atoms with van der Waals surface area (Å²) >= 11 is 0. The predicted octanol–water partition coefficient (Wildman–Crippen LogP) is 2.35. The van der Waals surface area contributed by atoms with E-state index in [9.17, 15) is 8.42 Å². The SMILES string of the molecule is Cc1cc(S(=O)(=O)N(C)C(C)c2ccncc2)ccc1N. The van der Waals surface area contributed by atoms with Crippen molar-refractivity contribution in [2.45, 2.75) is 24.8 Å². The molecule has 2 rings (SSSR count). The van der Waals surface area contributed by atoms with Crippen LogP contribution in [0.5, 0.6) is 0 Å². The third kappa shape index (κ3) is 3.06. The second-order valence-corrected chi connectivity index (χ2v) is 6.99. The van der Waals surface area contributed by atoms with Crippen LogP contribution in [0.3, 0.4) is 0 Å². The summed E-state index contributed by atoms with van der Waals surface area (Å²) in [6.07, 6.45) is 3.30. The first kappa shape index (κ1) is 15.5. The van der Waals surface area contributed by atoms with E-state index in [0.717, 1.165) is 11.1 Å². The van der Waals surface area contributed by atoms with Crippen molar-refractivity contribution in [2.24, 2.45) is 0 Å². The molecule has 5 nitrogen and oxygen atoms in total. The fourth-order valence-corrected chi connectivity index (χ4v) is 3.47. The number of nitrogens with two attached hydrogens (primary N) is 1. The first-order valence-corrected chi connectivity index (χ1v) is 8.02. The molecule has 1 atom stereocenters. The van der Waals surface area contributed by atoms with Gasteiger partial charge in [-0.25, -0.2) is 8.42 Å². The zero-order valence-electron chi connectivity index (χ0n) is 12.3. The summed E-state index contributed by atoms with van der Waals surface area (Å²) < 4.78 is 26.7. The molecule has 6 heteroatoms. The molecule has 2 N–H and O–H groups in total. The molecule has 21 heavy (non-hydrogen) atoms. The lowest BCUT2D eigenvalue weighted by atomic mass is 10.1. The van der Waals surface area contributed by atoms with Crippen molar-refractivity contribution >= 4 is 15.7 Å². The third-order valence-corrected chi connectivity index (χ3v) is 5.58. The zero-order valence-corrected chi connectivity index (χ0v) is 13.1. The highest BCUT2D eigenvalue weighted by Gasteiger charge is 2.26. The lowest BCUT2D eigenvalue weighted by molar-refractivity contribution is 0.398. The minimum absolute atomic E-state index is 0.248. The number of aryl methyl sites for hydroxylation is 1. The van der Waals surface area contributed by atoms with E-state index in [1.807, 2.05) is 19.1 Å². The minimum Gasteiger partial charge on any atom is -0.399 e. The van der Waals surface area contributed by atoms with Crippen molar-refractivity contribution < 1.29 is 8.42 Å². The summed E-state index contributed by atoms with van der Waals surface area (Å²) in [7, 11) is -1.99. The molecular weight excluding hydrogens is 286 g/mol. The van der Waals surface area contributed by atoms with Crippen molar-refractivity contribution in [1.29, 1.82) is 0 Å². The molecule has 112 valence electrons. The summed E-state index contributed by atoms with van der Waals surface area (Å²) in [5.74, 6) is 0. The van der Waals surface area contributed by atoms with Gasteiger partial charge >= 0.3 is 0 Å². The Balaban J connectivity index is 2.36. The van der Waals surface area contributed by atoms with Crippen LogP contribution in [0.4, 0.5) is 5.69 Å². The number of nitrogens with zero attached hydrogens (tertiary/aromatic N) is 2. The first-order chi connectivity index (χ1) is 9.84. The van der Waals surface area contributed by atoms with Gasteiger partial charge in [0.25, 0.3) is 0 Å². The number of hydrogen-bond donors (Lipinski definition) is 1. The molecule has 0 radical (unpaired) electrons. The molecule has 1 unspecified atom stereocenters. The summed E-state index contributed by atoms with van der Waals surface area (Å²) in [5.41, 5.74) is 7.97. The monoisotopic (exact) mass is 305 g/mol. The highest BCUT2D eigenvalue weighted by atomic mass is 32.2. The Morgan fingerprint density at radius 1 is 1.19 bits per heavy atom. The van der Waals surface area contributed by atoms with Crippen molar-refractivity contribution in [3.8, 4) is 0 Å². The lowest BCUT2D eigenvalue weighted by Gasteiger charge is -2.24. The van der Waals surface area contributed by atoms with Crippen LogP contribution in [-0.2, 0) is 10.0 Å². The maximum absolute atomic E-state index is 12.7. The molecule has 0 bridgehead atoms. The zero-order chi connectivity index (χ0) is 15.6. The lowest BCUT2D eigenvalue weighted by Crippen LogP contribution is -2.29. The smallest absolute Gasteiger partial charge is 0.243 e. The Kier molecular flexibility index (Phi) is 4.29. The summed E-state index contributed by atoms with van der Waals surface area (Å²) in [5, 5.41) is 0. The molecule has 2 aromatic rings. The number of benzene rings is 1.